The number of carbonyl (C=O) groups is 1. The van der Waals surface area contributed by atoms with Crippen LogP contribution in [0.3, 0.4) is 0 Å². The number of benzene rings is 2. The van der Waals surface area contributed by atoms with Crippen molar-refractivity contribution >= 4 is 34.7 Å². The van der Waals surface area contributed by atoms with E-state index in [1.54, 1.807) is 28.4 Å². The standard InChI is InChI=1S/C20H16FNOS2/c1-2-22(15-9-7-14(21)8-10-15)20(23)18-11-13-12-24-17-6-4-3-5-16(17)19(13)25-18/h3-11H,2,12H2,1H3. The summed E-state index contributed by atoms with van der Waals surface area (Å²) in [6.45, 7) is 2.47. The van der Waals surface area contributed by atoms with Crippen molar-refractivity contribution in [2.45, 2.75) is 17.6 Å². The molecule has 5 heteroatoms. The lowest BCUT2D eigenvalue weighted by Crippen LogP contribution is -2.29. The molecular weight excluding hydrogens is 353 g/mol. The Morgan fingerprint density at radius 3 is 2.68 bits per heavy atom. The maximum absolute atomic E-state index is 13.2. The van der Waals surface area contributed by atoms with Crippen molar-refractivity contribution in [2.24, 2.45) is 0 Å². The summed E-state index contributed by atoms with van der Waals surface area (Å²) in [6, 6.07) is 16.4. The Labute approximate surface area is 154 Å². The molecule has 0 spiro atoms. The van der Waals surface area contributed by atoms with Gasteiger partial charge in [0.1, 0.15) is 5.82 Å². The maximum Gasteiger partial charge on any atom is 0.268 e. The van der Waals surface area contributed by atoms with Crippen molar-refractivity contribution in [3.63, 3.8) is 0 Å². The molecule has 3 aromatic rings. The highest BCUT2D eigenvalue weighted by molar-refractivity contribution is 7.98. The second-order valence-corrected chi connectivity index (χ2v) is 7.85. The number of rotatable bonds is 3. The fourth-order valence-electron chi connectivity index (χ4n) is 3.00. The van der Waals surface area contributed by atoms with Crippen LogP contribution in [-0.2, 0) is 5.75 Å². The molecule has 4 rings (SSSR count). The number of hydrogen-bond donors (Lipinski definition) is 0. The molecule has 0 N–H and O–H groups in total. The van der Waals surface area contributed by atoms with Gasteiger partial charge in [0, 0.05) is 33.3 Å². The average molecular weight is 369 g/mol. The van der Waals surface area contributed by atoms with Gasteiger partial charge in [-0.3, -0.25) is 4.79 Å². The van der Waals surface area contributed by atoms with Gasteiger partial charge in [0.2, 0.25) is 0 Å². The molecule has 1 aromatic heterocycles. The second-order valence-electron chi connectivity index (χ2n) is 5.78. The predicted molar refractivity (Wildman–Crippen MR) is 103 cm³/mol. The minimum Gasteiger partial charge on any atom is -0.308 e. The van der Waals surface area contributed by atoms with E-state index in [1.165, 1.54) is 33.0 Å². The summed E-state index contributed by atoms with van der Waals surface area (Å²) < 4.78 is 13.2. The molecule has 1 aliphatic rings. The average Bonchev–Trinajstić information content (AvgIpc) is 3.08. The van der Waals surface area contributed by atoms with Gasteiger partial charge in [-0.15, -0.1) is 23.1 Å². The highest BCUT2D eigenvalue weighted by Crippen LogP contribution is 2.45. The van der Waals surface area contributed by atoms with Gasteiger partial charge in [-0.1, -0.05) is 18.2 Å². The highest BCUT2D eigenvalue weighted by Gasteiger charge is 2.24. The van der Waals surface area contributed by atoms with Crippen molar-refractivity contribution in [3.8, 4) is 10.4 Å². The van der Waals surface area contributed by atoms with E-state index in [2.05, 4.69) is 12.1 Å². The lowest BCUT2D eigenvalue weighted by Gasteiger charge is -2.20. The van der Waals surface area contributed by atoms with Gasteiger partial charge in [-0.25, -0.2) is 4.39 Å². The molecule has 0 bridgehead atoms. The maximum atomic E-state index is 13.2. The summed E-state index contributed by atoms with van der Waals surface area (Å²) in [7, 11) is 0. The van der Waals surface area contributed by atoms with E-state index in [0.717, 1.165) is 16.3 Å². The largest absolute Gasteiger partial charge is 0.308 e. The third-order valence-corrected chi connectivity index (χ3v) is 6.56. The van der Waals surface area contributed by atoms with Gasteiger partial charge in [0.25, 0.3) is 5.91 Å². The number of fused-ring (bicyclic) bond motifs is 3. The Balaban J connectivity index is 1.70. The first kappa shape index (κ1) is 16.4. The van der Waals surface area contributed by atoms with Crippen LogP contribution in [-0.4, -0.2) is 12.5 Å². The molecule has 1 amide bonds. The number of carbonyl (C=O) groups excluding carboxylic acids is 1. The number of hydrogen-bond acceptors (Lipinski definition) is 3. The van der Waals surface area contributed by atoms with Crippen LogP contribution in [0.1, 0.15) is 22.2 Å². The van der Waals surface area contributed by atoms with Gasteiger partial charge in [-0.05, 0) is 48.9 Å². The number of nitrogens with zero attached hydrogens (tertiary/aromatic N) is 1. The Morgan fingerprint density at radius 2 is 1.92 bits per heavy atom. The Morgan fingerprint density at radius 1 is 1.16 bits per heavy atom. The second kappa shape index (κ2) is 6.65. The Hall–Kier alpha value is -2.11. The zero-order chi connectivity index (χ0) is 17.4. The molecule has 25 heavy (non-hydrogen) atoms. The Kier molecular flexibility index (Phi) is 4.36. The van der Waals surface area contributed by atoms with E-state index < -0.39 is 0 Å². The van der Waals surface area contributed by atoms with Gasteiger partial charge in [0.15, 0.2) is 0 Å². The fourth-order valence-corrected chi connectivity index (χ4v) is 5.37. The van der Waals surface area contributed by atoms with Crippen molar-refractivity contribution in [3.05, 3.63) is 70.9 Å². The highest BCUT2D eigenvalue weighted by atomic mass is 32.2. The van der Waals surface area contributed by atoms with Crippen LogP contribution < -0.4 is 4.90 Å². The van der Waals surface area contributed by atoms with Gasteiger partial charge >= 0.3 is 0 Å². The number of anilines is 1. The third kappa shape index (κ3) is 2.98. The van der Waals surface area contributed by atoms with E-state index in [9.17, 15) is 9.18 Å². The summed E-state index contributed by atoms with van der Waals surface area (Å²) in [4.78, 5) is 17.9. The quantitative estimate of drug-likeness (QED) is 0.579. The van der Waals surface area contributed by atoms with E-state index in [0.29, 0.717) is 6.54 Å². The molecule has 2 aromatic carbocycles. The molecule has 2 nitrogen and oxygen atoms in total. The summed E-state index contributed by atoms with van der Waals surface area (Å²) in [5, 5.41) is 0. The van der Waals surface area contributed by atoms with E-state index in [4.69, 9.17) is 0 Å². The van der Waals surface area contributed by atoms with Gasteiger partial charge in [0.05, 0.1) is 4.88 Å². The number of thiophene rings is 1. The van der Waals surface area contributed by atoms with E-state index >= 15 is 0 Å². The monoisotopic (exact) mass is 369 g/mol. The van der Waals surface area contributed by atoms with E-state index in [1.807, 2.05) is 36.9 Å². The summed E-state index contributed by atoms with van der Waals surface area (Å²) in [5.41, 5.74) is 3.14. The fraction of sp³-hybridized carbons (Fsp3) is 0.150. The molecule has 0 unspecified atom stereocenters. The summed E-state index contributed by atoms with van der Waals surface area (Å²) in [6.07, 6.45) is 0. The summed E-state index contributed by atoms with van der Waals surface area (Å²) >= 11 is 3.36. The molecule has 0 atom stereocenters. The molecule has 1 aliphatic heterocycles. The number of thioether (sulfide) groups is 1. The molecular formula is C20H16FNOS2. The van der Waals surface area contributed by atoms with Crippen molar-refractivity contribution in [1.82, 2.24) is 0 Å². The first-order valence-electron chi connectivity index (χ1n) is 8.09. The first-order valence-corrected chi connectivity index (χ1v) is 9.90. The van der Waals surface area contributed by atoms with Crippen molar-refractivity contribution in [1.29, 1.82) is 0 Å². The van der Waals surface area contributed by atoms with Gasteiger partial charge in [-0.2, -0.15) is 0 Å². The van der Waals surface area contributed by atoms with Crippen LogP contribution >= 0.6 is 23.1 Å². The Bertz CT molecular complexity index is 933. The van der Waals surface area contributed by atoms with Crippen LogP contribution in [0.5, 0.6) is 0 Å². The van der Waals surface area contributed by atoms with Crippen molar-refractivity contribution < 1.29 is 9.18 Å². The lowest BCUT2D eigenvalue weighted by molar-refractivity contribution is 0.0992. The van der Waals surface area contributed by atoms with Crippen molar-refractivity contribution in [2.75, 3.05) is 11.4 Å². The molecule has 126 valence electrons. The lowest BCUT2D eigenvalue weighted by atomic mass is 10.1. The number of halogens is 1. The third-order valence-electron chi connectivity index (χ3n) is 4.23. The molecule has 0 fully saturated rings. The minimum absolute atomic E-state index is 0.0315. The van der Waals surface area contributed by atoms with Crippen LogP contribution in [0, 0.1) is 5.82 Å². The smallest absolute Gasteiger partial charge is 0.268 e. The molecule has 2 heterocycles. The van der Waals surface area contributed by atoms with Crippen LogP contribution in [0.2, 0.25) is 0 Å². The van der Waals surface area contributed by atoms with Crippen LogP contribution in [0.4, 0.5) is 10.1 Å². The number of amides is 1. The molecule has 0 radical (unpaired) electrons. The zero-order valence-corrected chi connectivity index (χ0v) is 15.3. The molecule has 0 aliphatic carbocycles. The SMILES string of the molecule is CCN(C(=O)c1cc2c(s1)-c1ccccc1SC2)c1ccc(F)cc1. The van der Waals surface area contributed by atoms with Crippen LogP contribution in [0.15, 0.2) is 59.5 Å². The predicted octanol–water partition coefficient (Wildman–Crippen LogP) is 5.83. The van der Waals surface area contributed by atoms with E-state index in [-0.39, 0.29) is 11.7 Å². The van der Waals surface area contributed by atoms with Crippen LogP contribution in [0.25, 0.3) is 10.4 Å². The zero-order valence-electron chi connectivity index (χ0n) is 13.7. The van der Waals surface area contributed by atoms with Gasteiger partial charge < -0.3 is 4.90 Å². The topological polar surface area (TPSA) is 20.3 Å². The molecule has 0 saturated heterocycles. The minimum atomic E-state index is -0.299. The molecule has 0 saturated carbocycles. The first-order chi connectivity index (χ1) is 12.2. The summed E-state index contributed by atoms with van der Waals surface area (Å²) in [5.74, 6) is 0.558. The normalized spacial score (nSPS) is 12.4.